The smallest absolute Gasteiger partial charge is 0.244 e. The molecule has 4 rings (SSSR count). The van der Waals surface area contributed by atoms with Gasteiger partial charge in [0.15, 0.2) is 0 Å². The Kier molecular flexibility index (Phi) is 5.44. The number of carbonyl (C=O) groups excluding carboxylic acids is 1. The number of aromatic nitrogens is 1. The van der Waals surface area contributed by atoms with Crippen molar-refractivity contribution in [3.05, 3.63) is 101 Å². The van der Waals surface area contributed by atoms with Crippen molar-refractivity contribution in [2.45, 2.75) is 23.3 Å². The number of rotatable bonds is 5. The van der Waals surface area contributed by atoms with Gasteiger partial charge in [0.05, 0.1) is 10.4 Å². The van der Waals surface area contributed by atoms with E-state index in [0.29, 0.717) is 11.2 Å². The number of hydrogen-bond acceptors (Lipinski definition) is 4. The van der Waals surface area contributed by atoms with Gasteiger partial charge in [0.2, 0.25) is 21.2 Å². The lowest BCUT2D eigenvalue weighted by molar-refractivity contribution is -0.116. The Hall–Kier alpha value is -3.71. The monoisotopic (exact) mass is 432 g/mol. The molecule has 0 spiro atoms. The molecule has 0 atom stereocenters. The number of fused-ring (bicyclic) bond motifs is 1. The van der Waals surface area contributed by atoms with Crippen molar-refractivity contribution in [2.24, 2.45) is 0 Å². The summed E-state index contributed by atoms with van der Waals surface area (Å²) in [5.74, 6) is -0.333. The van der Waals surface area contributed by atoms with Gasteiger partial charge in [-0.3, -0.25) is 9.59 Å². The molecular formula is C24H20N2O4S. The summed E-state index contributed by atoms with van der Waals surface area (Å²) in [6.07, 6.45) is 1.25. The van der Waals surface area contributed by atoms with Crippen LogP contribution < -0.4 is 10.7 Å². The van der Waals surface area contributed by atoms with Crippen LogP contribution in [0.3, 0.4) is 0 Å². The van der Waals surface area contributed by atoms with Crippen molar-refractivity contribution in [3.63, 3.8) is 0 Å². The fraction of sp³-hybridized carbons (Fsp3) is 0.0833. The SMILES string of the molecule is Cc1ccc(NC(=O)Cn2cc(S(=O)(=O)c3ccccc3)c(=O)c3ccccc32)cc1. The van der Waals surface area contributed by atoms with E-state index in [0.717, 1.165) is 5.56 Å². The minimum atomic E-state index is -4.05. The molecule has 7 heteroatoms. The van der Waals surface area contributed by atoms with E-state index in [2.05, 4.69) is 5.32 Å². The fourth-order valence-electron chi connectivity index (χ4n) is 3.36. The van der Waals surface area contributed by atoms with Gasteiger partial charge in [-0.1, -0.05) is 48.0 Å². The summed E-state index contributed by atoms with van der Waals surface area (Å²) >= 11 is 0. The maximum Gasteiger partial charge on any atom is 0.244 e. The van der Waals surface area contributed by atoms with Gasteiger partial charge in [0.25, 0.3) is 0 Å². The number of nitrogens with zero attached hydrogens (tertiary/aromatic N) is 1. The van der Waals surface area contributed by atoms with Crippen molar-refractivity contribution < 1.29 is 13.2 Å². The van der Waals surface area contributed by atoms with E-state index in [1.54, 1.807) is 54.6 Å². The molecule has 0 saturated heterocycles. The number of nitrogens with one attached hydrogen (secondary N) is 1. The second kappa shape index (κ2) is 8.20. The summed E-state index contributed by atoms with van der Waals surface area (Å²) in [5.41, 5.74) is 1.60. The predicted octanol–water partition coefficient (Wildman–Crippen LogP) is 3.78. The second-order valence-electron chi connectivity index (χ2n) is 7.20. The normalized spacial score (nSPS) is 11.4. The third kappa shape index (κ3) is 4.13. The summed E-state index contributed by atoms with van der Waals surface area (Å²) in [6.45, 7) is 1.80. The summed E-state index contributed by atoms with van der Waals surface area (Å²) in [6, 6.07) is 21.8. The highest BCUT2D eigenvalue weighted by Gasteiger charge is 2.24. The van der Waals surface area contributed by atoms with Crippen LogP contribution in [0.1, 0.15) is 5.56 Å². The number of hydrogen-bond donors (Lipinski definition) is 1. The topological polar surface area (TPSA) is 85.2 Å². The number of pyridine rings is 1. The zero-order valence-electron chi connectivity index (χ0n) is 16.8. The van der Waals surface area contributed by atoms with E-state index in [-0.39, 0.29) is 27.6 Å². The molecule has 156 valence electrons. The summed E-state index contributed by atoms with van der Waals surface area (Å²) in [5, 5.41) is 3.04. The fourth-order valence-corrected chi connectivity index (χ4v) is 4.75. The number of aryl methyl sites for hydroxylation is 1. The zero-order chi connectivity index (χ0) is 22.0. The maximum atomic E-state index is 13.1. The van der Waals surface area contributed by atoms with Crippen LogP contribution >= 0.6 is 0 Å². The van der Waals surface area contributed by atoms with Gasteiger partial charge in [-0.25, -0.2) is 8.42 Å². The molecular weight excluding hydrogens is 412 g/mol. The molecule has 4 aromatic rings. The standard InChI is InChI=1S/C24H20N2O4S/c1-17-11-13-18(14-12-17)25-23(27)16-26-15-22(24(28)20-9-5-6-10-21(20)26)31(29,30)19-7-3-2-4-8-19/h2-15H,16H2,1H3,(H,25,27). The van der Waals surface area contributed by atoms with Gasteiger partial charge in [-0.15, -0.1) is 0 Å². The average molecular weight is 433 g/mol. The first kappa shape index (κ1) is 20.6. The number of benzene rings is 3. The van der Waals surface area contributed by atoms with Crippen LogP contribution in [0.25, 0.3) is 10.9 Å². The van der Waals surface area contributed by atoms with Crippen LogP contribution in [0.15, 0.2) is 99.6 Å². The lowest BCUT2D eigenvalue weighted by Crippen LogP contribution is -2.23. The maximum absolute atomic E-state index is 13.1. The van der Waals surface area contributed by atoms with Crippen LogP contribution in [0.5, 0.6) is 0 Å². The highest BCUT2D eigenvalue weighted by Crippen LogP contribution is 2.21. The van der Waals surface area contributed by atoms with E-state index >= 15 is 0 Å². The molecule has 1 amide bonds. The van der Waals surface area contributed by atoms with Gasteiger partial charge in [-0.2, -0.15) is 0 Å². The Morgan fingerprint density at radius 3 is 2.26 bits per heavy atom. The van der Waals surface area contributed by atoms with Crippen molar-refractivity contribution in [2.75, 3.05) is 5.32 Å². The van der Waals surface area contributed by atoms with Crippen LogP contribution in [0.4, 0.5) is 5.69 Å². The van der Waals surface area contributed by atoms with Crippen LogP contribution in [0, 0.1) is 6.92 Å². The van der Waals surface area contributed by atoms with Crippen molar-refractivity contribution in [1.29, 1.82) is 0 Å². The van der Waals surface area contributed by atoms with Gasteiger partial charge >= 0.3 is 0 Å². The molecule has 6 nitrogen and oxygen atoms in total. The third-order valence-corrected chi connectivity index (χ3v) is 6.71. The number of carbonyl (C=O) groups is 1. The molecule has 0 saturated carbocycles. The Labute approximate surface area is 179 Å². The summed E-state index contributed by atoms with van der Waals surface area (Å²) in [4.78, 5) is 25.3. The molecule has 0 aliphatic heterocycles. The van der Waals surface area contributed by atoms with Gasteiger partial charge in [-0.05, 0) is 43.3 Å². The predicted molar refractivity (Wildman–Crippen MR) is 120 cm³/mol. The molecule has 3 aromatic carbocycles. The summed E-state index contributed by atoms with van der Waals surface area (Å²) < 4.78 is 27.8. The average Bonchev–Trinajstić information content (AvgIpc) is 2.78. The number of para-hydroxylation sites is 1. The summed E-state index contributed by atoms with van der Waals surface area (Å²) in [7, 11) is -4.05. The van der Waals surface area contributed by atoms with Gasteiger partial charge in [0.1, 0.15) is 11.4 Å². The first-order chi connectivity index (χ1) is 14.9. The Bertz CT molecular complexity index is 1420. The molecule has 0 aliphatic rings. The largest absolute Gasteiger partial charge is 0.336 e. The lowest BCUT2D eigenvalue weighted by atomic mass is 10.2. The number of sulfone groups is 1. The first-order valence-electron chi connectivity index (χ1n) is 9.65. The Morgan fingerprint density at radius 2 is 1.55 bits per heavy atom. The van der Waals surface area contributed by atoms with Crippen molar-refractivity contribution in [3.8, 4) is 0 Å². The van der Waals surface area contributed by atoms with Crippen molar-refractivity contribution in [1.82, 2.24) is 4.57 Å². The molecule has 0 fully saturated rings. The molecule has 0 unspecified atom stereocenters. The third-order valence-electron chi connectivity index (χ3n) is 4.95. The van der Waals surface area contributed by atoms with E-state index < -0.39 is 15.3 Å². The van der Waals surface area contributed by atoms with Crippen LogP contribution in [-0.4, -0.2) is 18.9 Å². The minimum absolute atomic E-state index is 0.0260. The number of anilines is 1. The van der Waals surface area contributed by atoms with Crippen LogP contribution in [0.2, 0.25) is 0 Å². The van der Waals surface area contributed by atoms with E-state index in [1.807, 2.05) is 19.1 Å². The van der Waals surface area contributed by atoms with Crippen LogP contribution in [-0.2, 0) is 21.2 Å². The molecule has 31 heavy (non-hydrogen) atoms. The first-order valence-corrected chi connectivity index (χ1v) is 11.1. The van der Waals surface area contributed by atoms with Crippen molar-refractivity contribution >= 4 is 32.3 Å². The van der Waals surface area contributed by atoms with Gasteiger partial charge < -0.3 is 9.88 Å². The molecule has 1 N–H and O–H groups in total. The molecule has 0 bridgehead atoms. The molecule has 0 aliphatic carbocycles. The van der Waals surface area contributed by atoms with E-state index in [9.17, 15) is 18.0 Å². The Balaban J connectivity index is 1.78. The van der Waals surface area contributed by atoms with E-state index in [4.69, 9.17) is 0 Å². The Morgan fingerprint density at radius 1 is 0.903 bits per heavy atom. The molecule has 1 aromatic heterocycles. The highest BCUT2D eigenvalue weighted by atomic mass is 32.2. The lowest BCUT2D eigenvalue weighted by Gasteiger charge is -2.14. The highest BCUT2D eigenvalue weighted by molar-refractivity contribution is 7.91. The quantitative estimate of drug-likeness (QED) is 0.520. The molecule has 1 heterocycles. The molecule has 0 radical (unpaired) electrons. The minimum Gasteiger partial charge on any atom is -0.336 e. The van der Waals surface area contributed by atoms with E-state index in [1.165, 1.54) is 22.9 Å². The van der Waals surface area contributed by atoms with Gasteiger partial charge in [0, 0.05) is 17.3 Å². The number of amides is 1. The second-order valence-corrected chi connectivity index (χ2v) is 9.12. The zero-order valence-corrected chi connectivity index (χ0v) is 17.6.